The molecule has 0 aliphatic carbocycles. The lowest BCUT2D eigenvalue weighted by Crippen LogP contribution is -2.51. The predicted octanol–water partition coefficient (Wildman–Crippen LogP) is 5.01. The van der Waals surface area contributed by atoms with Crippen molar-refractivity contribution in [1.82, 2.24) is 0 Å². The zero-order chi connectivity index (χ0) is 19.0. The zero-order valence-electron chi connectivity index (χ0n) is 14.5. The van der Waals surface area contributed by atoms with Crippen LogP contribution in [-0.2, 0) is 13.3 Å². The minimum absolute atomic E-state index is 0.0633. The lowest BCUT2D eigenvalue weighted by Gasteiger charge is -2.32. The molecule has 0 amide bonds. The molecule has 0 aliphatic heterocycles. The zero-order valence-corrected chi connectivity index (χ0v) is 15.5. The van der Waals surface area contributed by atoms with E-state index in [2.05, 4.69) is 0 Å². The molecule has 1 atom stereocenters. The second-order valence-corrected chi connectivity index (χ2v) is 7.98. The predicted molar refractivity (Wildman–Crippen MR) is 84.6 cm³/mol. The summed E-state index contributed by atoms with van der Waals surface area (Å²) in [6.07, 6.45) is 1.50. The lowest BCUT2D eigenvalue weighted by molar-refractivity contribution is 0.0322. The van der Waals surface area contributed by atoms with Gasteiger partial charge in [-0.1, -0.05) is 20.8 Å². The van der Waals surface area contributed by atoms with Crippen LogP contribution in [0.4, 0.5) is 22.0 Å². The van der Waals surface area contributed by atoms with Gasteiger partial charge in [0.1, 0.15) is 0 Å². The van der Waals surface area contributed by atoms with E-state index in [9.17, 15) is 17.6 Å². The van der Waals surface area contributed by atoms with Gasteiger partial charge in [0.2, 0.25) is 0 Å². The molecular formula is C16H23F5O3Si. The van der Waals surface area contributed by atoms with E-state index < -0.39 is 43.4 Å². The number of benzene rings is 1. The fraction of sp³-hybridized carbons (Fsp3) is 0.625. The molecule has 0 saturated carbocycles. The summed E-state index contributed by atoms with van der Waals surface area (Å²) in [5.74, 6) is -9.98. The summed E-state index contributed by atoms with van der Waals surface area (Å²) in [7, 11) is -4.16. The Morgan fingerprint density at radius 2 is 1.24 bits per heavy atom. The Labute approximate surface area is 145 Å². The largest absolute Gasteiger partial charge is 0.542 e. The van der Waals surface area contributed by atoms with Crippen molar-refractivity contribution in [3.63, 3.8) is 0 Å². The molecule has 9 heteroatoms. The minimum Gasteiger partial charge on any atom is -0.372 e. The highest BCUT2D eigenvalue weighted by molar-refractivity contribution is 6.62. The molecule has 0 heterocycles. The number of alkyl halides is 1. The normalized spacial score (nSPS) is 13.3. The Kier molecular flexibility index (Phi) is 8.98. The van der Waals surface area contributed by atoms with Crippen LogP contribution in [-0.4, -0.2) is 28.6 Å². The van der Waals surface area contributed by atoms with E-state index in [-0.39, 0.29) is 25.9 Å². The van der Waals surface area contributed by atoms with Gasteiger partial charge in [-0.05, 0) is 25.3 Å². The molecular weight excluding hydrogens is 363 g/mol. The lowest BCUT2D eigenvalue weighted by atomic mass is 10.2. The van der Waals surface area contributed by atoms with E-state index in [1.54, 1.807) is 20.8 Å². The van der Waals surface area contributed by atoms with E-state index in [4.69, 9.17) is 13.3 Å². The van der Waals surface area contributed by atoms with Crippen LogP contribution in [0.2, 0.25) is 0 Å². The molecule has 0 radical (unpaired) electrons. The Morgan fingerprint density at radius 1 is 0.800 bits per heavy atom. The summed E-state index contributed by atoms with van der Waals surface area (Å²) in [4.78, 5) is 0. The van der Waals surface area contributed by atoms with Crippen molar-refractivity contribution in [2.24, 2.45) is 0 Å². The third-order valence-corrected chi connectivity index (χ3v) is 5.99. The Bertz CT molecular complexity index is 537. The molecule has 0 bridgehead atoms. The maximum Gasteiger partial charge on any atom is 0.542 e. The van der Waals surface area contributed by atoms with Gasteiger partial charge >= 0.3 is 8.80 Å². The van der Waals surface area contributed by atoms with Gasteiger partial charge in [0, 0.05) is 25.4 Å². The number of hydrogen-bond donors (Lipinski definition) is 0. The number of halogens is 5. The topological polar surface area (TPSA) is 27.7 Å². The summed E-state index contributed by atoms with van der Waals surface area (Å²) in [5, 5.41) is 0. The average Bonchev–Trinajstić information content (AvgIpc) is 2.62. The van der Waals surface area contributed by atoms with Gasteiger partial charge in [0.15, 0.2) is 29.1 Å². The molecule has 0 N–H and O–H groups in total. The highest BCUT2D eigenvalue weighted by Gasteiger charge is 2.53. The second kappa shape index (κ2) is 10.2. The van der Waals surface area contributed by atoms with E-state index in [1.807, 2.05) is 0 Å². The molecule has 0 aromatic heterocycles. The van der Waals surface area contributed by atoms with E-state index in [0.29, 0.717) is 19.3 Å². The van der Waals surface area contributed by atoms with Crippen molar-refractivity contribution in [1.29, 1.82) is 0 Å². The summed E-state index contributed by atoms with van der Waals surface area (Å²) < 4.78 is 85.7. The number of hydrogen-bond acceptors (Lipinski definition) is 3. The quantitative estimate of drug-likeness (QED) is 0.232. The maximum atomic E-state index is 15.2. The smallest absolute Gasteiger partial charge is 0.372 e. The maximum absolute atomic E-state index is 15.2. The molecule has 144 valence electrons. The number of rotatable bonds is 11. The van der Waals surface area contributed by atoms with Crippen LogP contribution in [0.15, 0.2) is 6.07 Å². The van der Waals surface area contributed by atoms with Crippen molar-refractivity contribution in [3.05, 3.63) is 34.9 Å². The first-order valence-corrected chi connectivity index (χ1v) is 10.0. The molecule has 0 spiro atoms. The molecule has 1 unspecified atom stereocenters. The Balaban J connectivity index is 3.35. The highest BCUT2D eigenvalue weighted by Crippen LogP contribution is 2.35. The first kappa shape index (κ1) is 22.0. The summed E-state index contributed by atoms with van der Waals surface area (Å²) in [5.41, 5.74) is -1.01. The van der Waals surface area contributed by atoms with Crippen LogP contribution in [0.25, 0.3) is 0 Å². The minimum atomic E-state index is -4.16. The second-order valence-electron chi connectivity index (χ2n) is 5.40. The van der Waals surface area contributed by atoms with Gasteiger partial charge in [-0.25, -0.2) is 22.0 Å². The molecule has 1 aromatic rings. The van der Waals surface area contributed by atoms with Crippen LogP contribution < -0.4 is 0 Å². The highest BCUT2D eigenvalue weighted by atomic mass is 28.4. The summed E-state index contributed by atoms with van der Waals surface area (Å²) >= 11 is 0. The van der Waals surface area contributed by atoms with Crippen LogP contribution in [0.3, 0.4) is 0 Å². The monoisotopic (exact) mass is 386 g/mol. The van der Waals surface area contributed by atoms with Crippen molar-refractivity contribution in [2.75, 3.05) is 19.8 Å². The van der Waals surface area contributed by atoms with Gasteiger partial charge in [0.25, 0.3) is 0 Å². The third-order valence-electron chi connectivity index (χ3n) is 3.24. The van der Waals surface area contributed by atoms with Crippen molar-refractivity contribution >= 4 is 8.80 Å². The molecule has 1 rings (SSSR count). The van der Waals surface area contributed by atoms with Crippen LogP contribution in [0.1, 0.15) is 51.4 Å². The molecule has 25 heavy (non-hydrogen) atoms. The van der Waals surface area contributed by atoms with E-state index >= 15 is 4.39 Å². The van der Waals surface area contributed by atoms with Crippen LogP contribution >= 0.6 is 0 Å². The first-order chi connectivity index (χ1) is 11.8. The van der Waals surface area contributed by atoms with Gasteiger partial charge in [-0.3, -0.25) is 0 Å². The molecule has 0 fully saturated rings. The van der Waals surface area contributed by atoms with Crippen molar-refractivity contribution in [2.45, 2.75) is 45.8 Å². The standard InChI is InChI=1S/C16H23F5O3Si/c1-4-7-22-25(23-8-5-2,24-9-6-3)16(21)11-10-12(17)14(19)15(20)13(11)18/h10,16H,4-9H2,1-3H3. The summed E-state index contributed by atoms with van der Waals surface area (Å²) in [6.45, 7) is 5.49. The van der Waals surface area contributed by atoms with E-state index in [0.717, 1.165) is 0 Å². The van der Waals surface area contributed by atoms with Crippen LogP contribution in [0, 0.1) is 23.3 Å². The SMILES string of the molecule is CCCO[Si](OCCC)(OCCC)C(F)c1cc(F)c(F)c(F)c1F. The van der Waals surface area contributed by atoms with E-state index in [1.165, 1.54) is 0 Å². The molecule has 3 nitrogen and oxygen atoms in total. The Morgan fingerprint density at radius 3 is 1.64 bits per heavy atom. The molecule has 1 aromatic carbocycles. The van der Waals surface area contributed by atoms with Crippen LogP contribution in [0.5, 0.6) is 0 Å². The Hall–Kier alpha value is -1.03. The third kappa shape index (κ3) is 5.22. The van der Waals surface area contributed by atoms with Crippen molar-refractivity contribution in [3.8, 4) is 0 Å². The molecule has 0 aliphatic rings. The fourth-order valence-electron chi connectivity index (χ4n) is 2.04. The van der Waals surface area contributed by atoms with Gasteiger partial charge in [-0.2, -0.15) is 0 Å². The van der Waals surface area contributed by atoms with Gasteiger partial charge in [0.05, 0.1) is 0 Å². The van der Waals surface area contributed by atoms with Gasteiger partial charge in [-0.15, -0.1) is 0 Å². The molecule has 0 saturated heterocycles. The average molecular weight is 386 g/mol. The van der Waals surface area contributed by atoms with Crippen molar-refractivity contribution < 1.29 is 35.2 Å². The van der Waals surface area contributed by atoms with Gasteiger partial charge < -0.3 is 13.3 Å². The first-order valence-electron chi connectivity index (χ1n) is 8.23. The summed E-state index contributed by atoms with van der Waals surface area (Å²) in [6, 6.07) is 0.278. The fourth-order valence-corrected chi connectivity index (χ4v) is 4.79.